The lowest BCUT2D eigenvalue weighted by molar-refractivity contribution is 0.127. The first kappa shape index (κ1) is 12.6. The molecule has 0 amide bonds. The second-order valence-corrected chi connectivity index (χ2v) is 5.32. The minimum absolute atomic E-state index is 0.0590. The maximum atomic E-state index is 11.5. The summed E-state index contributed by atoms with van der Waals surface area (Å²) in [6.45, 7) is 1.40. The average molecular weight is 234 g/mol. The van der Waals surface area contributed by atoms with Crippen molar-refractivity contribution in [1.29, 1.82) is 0 Å². The largest absolute Gasteiger partial charge is 0.377 e. The van der Waals surface area contributed by atoms with Gasteiger partial charge in [-0.1, -0.05) is 12.2 Å². The van der Waals surface area contributed by atoms with Crippen molar-refractivity contribution in [1.82, 2.24) is 4.72 Å². The van der Waals surface area contributed by atoms with Gasteiger partial charge in [0.15, 0.2) is 0 Å². The molecule has 1 atom stereocenters. The van der Waals surface area contributed by atoms with Gasteiger partial charge in [0, 0.05) is 19.7 Å². The lowest BCUT2D eigenvalue weighted by Crippen LogP contribution is -2.32. The smallest absolute Gasteiger partial charge is 0.214 e. The molecular formula is C9H18N2O3S. The van der Waals surface area contributed by atoms with E-state index < -0.39 is 10.0 Å². The van der Waals surface area contributed by atoms with Crippen LogP contribution in [0.2, 0.25) is 0 Å². The summed E-state index contributed by atoms with van der Waals surface area (Å²) in [6, 6.07) is 0. The fourth-order valence-electron chi connectivity index (χ4n) is 1.43. The van der Waals surface area contributed by atoms with E-state index in [9.17, 15) is 8.42 Å². The number of rotatable bonds is 6. The van der Waals surface area contributed by atoms with E-state index in [4.69, 9.17) is 10.5 Å². The summed E-state index contributed by atoms with van der Waals surface area (Å²) in [5.74, 6) is 0.0590. The number of ether oxygens (including phenoxy) is 1. The van der Waals surface area contributed by atoms with Crippen molar-refractivity contribution in [3.8, 4) is 0 Å². The first-order chi connectivity index (χ1) is 7.14. The first-order valence-corrected chi connectivity index (χ1v) is 6.73. The van der Waals surface area contributed by atoms with Gasteiger partial charge in [-0.3, -0.25) is 0 Å². The van der Waals surface area contributed by atoms with Crippen LogP contribution in [0.1, 0.15) is 12.8 Å². The highest BCUT2D eigenvalue weighted by molar-refractivity contribution is 7.89. The van der Waals surface area contributed by atoms with E-state index in [2.05, 4.69) is 4.72 Å². The first-order valence-electron chi connectivity index (χ1n) is 5.08. The van der Waals surface area contributed by atoms with E-state index in [0.717, 1.165) is 12.8 Å². The summed E-state index contributed by atoms with van der Waals surface area (Å²) >= 11 is 0. The molecule has 0 aromatic rings. The Kier molecular flexibility index (Phi) is 5.24. The van der Waals surface area contributed by atoms with Gasteiger partial charge in [-0.05, 0) is 12.8 Å². The van der Waals surface area contributed by atoms with Gasteiger partial charge in [0.2, 0.25) is 10.0 Å². The number of nitrogens with two attached hydrogens (primary N) is 1. The number of hydrogen-bond acceptors (Lipinski definition) is 4. The van der Waals surface area contributed by atoms with Crippen LogP contribution in [-0.2, 0) is 14.8 Å². The molecule has 1 unspecified atom stereocenters. The fourth-order valence-corrected chi connectivity index (χ4v) is 2.65. The van der Waals surface area contributed by atoms with Crippen molar-refractivity contribution in [2.45, 2.75) is 18.9 Å². The Morgan fingerprint density at radius 1 is 1.47 bits per heavy atom. The third-order valence-electron chi connectivity index (χ3n) is 2.15. The summed E-state index contributed by atoms with van der Waals surface area (Å²) in [6.07, 6.45) is 5.06. The molecule has 1 saturated heterocycles. The van der Waals surface area contributed by atoms with Gasteiger partial charge < -0.3 is 10.5 Å². The Labute approximate surface area is 90.7 Å². The van der Waals surface area contributed by atoms with Gasteiger partial charge in [0.1, 0.15) is 0 Å². The number of sulfonamides is 1. The van der Waals surface area contributed by atoms with Crippen molar-refractivity contribution < 1.29 is 13.2 Å². The standard InChI is InChI=1S/C9H18N2O3S/c10-5-1-2-6-11-15(12,13)8-9-4-3-7-14-9/h1-2,9,11H,3-8,10H2/b2-1+. The summed E-state index contributed by atoms with van der Waals surface area (Å²) in [5, 5.41) is 0. The molecule has 88 valence electrons. The molecule has 0 saturated carbocycles. The van der Waals surface area contributed by atoms with Gasteiger partial charge in [0.25, 0.3) is 0 Å². The molecule has 0 aromatic carbocycles. The van der Waals surface area contributed by atoms with E-state index in [0.29, 0.717) is 19.7 Å². The SMILES string of the molecule is NC/C=C/CNS(=O)(=O)CC1CCCO1. The van der Waals surface area contributed by atoms with Crippen molar-refractivity contribution in [3.63, 3.8) is 0 Å². The van der Waals surface area contributed by atoms with Crippen molar-refractivity contribution in [2.75, 3.05) is 25.4 Å². The van der Waals surface area contributed by atoms with Crippen LogP contribution in [0.15, 0.2) is 12.2 Å². The molecule has 6 heteroatoms. The minimum atomic E-state index is -3.21. The Morgan fingerprint density at radius 2 is 2.27 bits per heavy atom. The van der Waals surface area contributed by atoms with Gasteiger partial charge in [-0.25, -0.2) is 13.1 Å². The third-order valence-corrected chi connectivity index (χ3v) is 3.57. The molecule has 1 fully saturated rings. The van der Waals surface area contributed by atoms with Gasteiger partial charge in [-0.2, -0.15) is 0 Å². The van der Waals surface area contributed by atoms with Crippen LogP contribution < -0.4 is 10.5 Å². The van der Waals surface area contributed by atoms with Crippen LogP contribution in [0.4, 0.5) is 0 Å². The zero-order valence-corrected chi connectivity index (χ0v) is 9.50. The van der Waals surface area contributed by atoms with Gasteiger partial charge in [0.05, 0.1) is 11.9 Å². The molecule has 1 aliphatic heterocycles. The molecule has 15 heavy (non-hydrogen) atoms. The normalized spacial score (nSPS) is 22.6. The fraction of sp³-hybridized carbons (Fsp3) is 0.778. The Morgan fingerprint density at radius 3 is 2.87 bits per heavy atom. The highest BCUT2D eigenvalue weighted by atomic mass is 32.2. The summed E-state index contributed by atoms with van der Waals surface area (Å²) in [7, 11) is -3.21. The highest BCUT2D eigenvalue weighted by Crippen LogP contribution is 2.13. The molecule has 1 rings (SSSR count). The van der Waals surface area contributed by atoms with Gasteiger partial charge >= 0.3 is 0 Å². The van der Waals surface area contributed by atoms with Crippen LogP contribution in [0.3, 0.4) is 0 Å². The second kappa shape index (κ2) is 6.22. The van der Waals surface area contributed by atoms with E-state index in [1.54, 1.807) is 12.2 Å². The topological polar surface area (TPSA) is 81.4 Å². The van der Waals surface area contributed by atoms with Crippen LogP contribution in [-0.4, -0.2) is 40.0 Å². The second-order valence-electron chi connectivity index (χ2n) is 3.47. The Balaban J connectivity index is 2.28. The van der Waals surface area contributed by atoms with Crippen molar-refractivity contribution in [3.05, 3.63) is 12.2 Å². The molecule has 0 radical (unpaired) electrons. The third kappa shape index (κ3) is 5.27. The van der Waals surface area contributed by atoms with Crippen LogP contribution in [0, 0.1) is 0 Å². The average Bonchev–Trinajstić information content (AvgIpc) is 2.64. The minimum Gasteiger partial charge on any atom is -0.377 e. The maximum Gasteiger partial charge on any atom is 0.214 e. The lowest BCUT2D eigenvalue weighted by Gasteiger charge is -2.09. The molecular weight excluding hydrogens is 216 g/mol. The van der Waals surface area contributed by atoms with E-state index >= 15 is 0 Å². The molecule has 0 bridgehead atoms. The molecule has 3 N–H and O–H groups in total. The monoisotopic (exact) mass is 234 g/mol. The van der Waals surface area contributed by atoms with Crippen molar-refractivity contribution in [2.24, 2.45) is 5.73 Å². The van der Waals surface area contributed by atoms with Crippen LogP contribution in [0.5, 0.6) is 0 Å². The Hall–Kier alpha value is -0.430. The zero-order valence-electron chi connectivity index (χ0n) is 8.69. The quantitative estimate of drug-likeness (QED) is 0.613. The number of hydrogen-bond donors (Lipinski definition) is 2. The zero-order chi connectivity index (χ0) is 11.1. The van der Waals surface area contributed by atoms with E-state index in [-0.39, 0.29) is 11.9 Å². The van der Waals surface area contributed by atoms with E-state index in [1.165, 1.54) is 0 Å². The molecule has 0 aromatic heterocycles. The Bertz CT molecular complexity index is 294. The molecule has 1 heterocycles. The predicted molar refractivity (Wildman–Crippen MR) is 59.0 cm³/mol. The van der Waals surface area contributed by atoms with Crippen molar-refractivity contribution >= 4 is 10.0 Å². The maximum absolute atomic E-state index is 11.5. The van der Waals surface area contributed by atoms with E-state index in [1.807, 2.05) is 0 Å². The summed E-state index contributed by atoms with van der Waals surface area (Å²) < 4.78 is 30.7. The van der Waals surface area contributed by atoms with Crippen LogP contribution >= 0.6 is 0 Å². The highest BCUT2D eigenvalue weighted by Gasteiger charge is 2.22. The molecule has 5 nitrogen and oxygen atoms in total. The lowest BCUT2D eigenvalue weighted by atomic mass is 10.3. The molecule has 1 aliphatic rings. The molecule has 0 spiro atoms. The predicted octanol–water partition coefficient (Wildman–Crippen LogP) is -0.400. The summed E-state index contributed by atoms with van der Waals surface area (Å²) in [5.41, 5.74) is 5.23. The summed E-state index contributed by atoms with van der Waals surface area (Å²) in [4.78, 5) is 0. The van der Waals surface area contributed by atoms with Crippen LogP contribution in [0.25, 0.3) is 0 Å². The number of nitrogens with one attached hydrogen (secondary N) is 1. The van der Waals surface area contributed by atoms with Gasteiger partial charge in [-0.15, -0.1) is 0 Å². The molecule has 0 aliphatic carbocycles.